The van der Waals surface area contributed by atoms with Crippen LogP contribution in [-0.2, 0) is 6.54 Å². The number of hydrogen-bond acceptors (Lipinski definition) is 2. The van der Waals surface area contributed by atoms with Gasteiger partial charge in [-0.25, -0.2) is 0 Å². The topological polar surface area (TPSA) is 29.9 Å². The fourth-order valence-electron chi connectivity index (χ4n) is 1.89. The quantitative estimate of drug-likeness (QED) is 0.842. The van der Waals surface area contributed by atoms with Crippen molar-refractivity contribution in [3.8, 4) is 0 Å². The van der Waals surface area contributed by atoms with Crippen LogP contribution in [0, 0.1) is 5.92 Å². The summed E-state index contributed by atoms with van der Waals surface area (Å²) >= 11 is 0. The summed E-state index contributed by atoms with van der Waals surface area (Å²) in [5.74, 6) is 0.732. The third-order valence-electron chi connectivity index (χ3n) is 2.95. The normalized spacial score (nSPS) is 10.8. The van der Waals surface area contributed by atoms with Gasteiger partial charge in [0.25, 0.3) is 0 Å². The molecular weight excluding hydrogens is 222 g/mol. The van der Waals surface area contributed by atoms with E-state index in [1.54, 1.807) is 0 Å². The molecule has 0 spiro atoms. The molecule has 96 valence electrons. The summed E-state index contributed by atoms with van der Waals surface area (Å²) in [5.41, 5.74) is 2.50. The molecule has 0 saturated carbocycles. The summed E-state index contributed by atoms with van der Waals surface area (Å²) in [6.07, 6.45) is 5.00. The lowest BCUT2D eigenvalue weighted by Gasteiger charge is -2.13. The van der Waals surface area contributed by atoms with Crippen LogP contribution in [0.2, 0.25) is 0 Å². The minimum atomic E-state index is 0.732. The third-order valence-corrected chi connectivity index (χ3v) is 2.95. The highest BCUT2D eigenvalue weighted by Crippen LogP contribution is 2.16. The predicted octanol–water partition coefficient (Wildman–Crippen LogP) is 3.39. The fraction of sp³-hybridized carbons (Fsp3) is 0.400. The number of rotatable bonds is 6. The Labute approximate surface area is 109 Å². The van der Waals surface area contributed by atoms with E-state index < -0.39 is 0 Å². The van der Waals surface area contributed by atoms with E-state index in [9.17, 15) is 0 Å². The minimum Gasteiger partial charge on any atom is -0.385 e. The van der Waals surface area contributed by atoms with Gasteiger partial charge in [-0.1, -0.05) is 32.0 Å². The molecule has 2 rings (SSSR count). The van der Waals surface area contributed by atoms with Gasteiger partial charge in [0.1, 0.15) is 0 Å². The summed E-state index contributed by atoms with van der Waals surface area (Å²) < 4.78 is 1.95. The predicted molar refractivity (Wildman–Crippen MR) is 75.7 cm³/mol. The van der Waals surface area contributed by atoms with Gasteiger partial charge in [0.05, 0.1) is 6.54 Å². The van der Waals surface area contributed by atoms with Crippen LogP contribution in [0.15, 0.2) is 42.7 Å². The van der Waals surface area contributed by atoms with E-state index in [1.807, 2.05) is 23.1 Å². The second-order valence-corrected chi connectivity index (χ2v) is 4.97. The van der Waals surface area contributed by atoms with Crippen molar-refractivity contribution < 1.29 is 0 Å². The first-order valence-corrected chi connectivity index (χ1v) is 6.55. The lowest BCUT2D eigenvalue weighted by molar-refractivity contribution is 0.606. The summed E-state index contributed by atoms with van der Waals surface area (Å²) in [6, 6.07) is 10.4. The maximum absolute atomic E-state index is 4.25. The number of nitrogens with zero attached hydrogens (tertiary/aromatic N) is 2. The van der Waals surface area contributed by atoms with Crippen molar-refractivity contribution in [3.05, 3.63) is 48.3 Å². The second kappa shape index (κ2) is 6.24. The van der Waals surface area contributed by atoms with Gasteiger partial charge in [0.2, 0.25) is 0 Å². The molecule has 0 aliphatic heterocycles. The van der Waals surface area contributed by atoms with Crippen molar-refractivity contribution in [2.45, 2.75) is 26.8 Å². The third kappa shape index (κ3) is 3.62. The van der Waals surface area contributed by atoms with Crippen molar-refractivity contribution in [2.75, 3.05) is 11.9 Å². The van der Waals surface area contributed by atoms with E-state index >= 15 is 0 Å². The number of aromatic nitrogens is 2. The zero-order valence-electron chi connectivity index (χ0n) is 11.1. The van der Waals surface area contributed by atoms with Crippen molar-refractivity contribution in [2.24, 2.45) is 5.92 Å². The fourth-order valence-corrected chi connectivity index (χ4v) is 1.89. The molecule has 1 aromatic carbocycles. The van der Waals surface area contributed by atoms with Crippen molar-refractivity contribution >= 4 is 5.69 Å². The molecule has 2 aromatic rings. The molecule has 0 bridgehead atoms. The van der Waals surface area contributed by atoms with E-state index in [-0.39, 0.29) is 0 Å². The average molecular weight is 243 g/mol. The Morgan fingerprint density at radius 1 is 1.22 bits per heavy atom. The summed E-state index contributed by atoms with van der Waals surface area (Å²) in [6.45, 7) is 6.33. The van der Waals surface area contributed by atoms with Gasteiger partial charge in [-0.15, -0.1) is 0 Å². The molecule has 3 heteroatoms. The number of anilines is 1. The molecular formula is C15H21N3. The van der Waals surface area contributed by atoms with E-state index in [4.69, 9.17) is 0 Å². The highest BCUT2D eigenvalue weighted by molar-refractivity contribution is 5.51. The lowest BCUT2D eigenvalue weighted by Crippen LogP contribution is -2.08. The van der Waals surface area contributed by atoms with E-state index in [0.29, 0.717) is 0 Å². The largest absolute Gasteiger partial charge is 0.385 e. The Hall–Kier alpha value is -1.77. The van der Waals surface area contributed by atoms with E-state index in [2.05, 4.69) is 48.5 Å². The number of benzene rings is 1. The van der Waals surface area contributed by atoms with Crippen LogP contribution in [-0.4, -0.2) is 16.3 Å². The Kier molecular flexibility index (Phi) is 4.40. The van der Waals surface area contributed by atoms with Crippen molar-refractivity contribution in [1.29, 1.82) is 0 Å². The molecule has 0 saturated heterocycles. The zero-order valence-corrected chi connectivity index (χ0v) is 11.1. The smallest absolute Gasteiger partial charge is 0.0679 e. The standard InChI is InChI=1S/C15H21N3/c1-13(2)8-10-16-15-7-4-3-6-14(15)12-18-11-5-9-17-18/h3-7,9,11,13,16H,8,10,12H2,1-2H3. The van der Waals surface area contributed by atoms with E-state index in [0.717, 1.165) is 19.0 Å². The molecule has 1 heterocycles. The highest BCUT2D eigenvalue weighted by atomic mass is 15.3. The van der Waals surface area contributed by atoms with Gasteiger partial charge < -0.3 is 5.32 Å². The SMILES string of the molecule is CC(C)CCNc1ccccc1Cn1cccn1. The second-order valence-electron chi connectivity index (χ2n) is 4.97. The van der Waals surface area contributed by atoms with Crippen LogP contribution in [0.1, 0.15) is 25.8 Å². The lowest BCUT2D eigenvalue weighted by atomic mass is 10.1. The Balaban J connectivity index is 2.01. The summed E-state index contributed by atoms with van der Waals surface area (Å²) in [5, 5.41) is 7.77. The molecule has 0 fully saturated rings. The maximum atomic E-state index is 4.25. The molecule has 0 amide bonds. The van der Waals surface area contributed by atoms with Crippen LogP contribution in [0.3, 0.4) is 0 Å². The van der Waals surface area contributed by atoms with Crippen LogP contribution >= 0.6 is 0 Å². The molecule has 1 aromatic heterocycles. The zero-order chi connectivity index (χ0) is 12.8. The molecule has 0 unspecified atom stereocenters. The molecule has 0 radical (unpaired) electrons. The molecule has 18 heavy (non-hydrogen) atoms. The summed E-state index contributed by atoms with van der Waals surface area (Å²) in [4.78, 5) is 0. The van der Waals surface area contributed by atoms with Gasteiger partial charge in [-0.3, -0.25) is 4.68 Å². The Morgan fingerprint density at radius 2 is 2.06 bits per heavy atom. The van der Waals surface area contributed by atoms with Crippen molar-refractivity contribution in [3.63, 3.8) is 0 Å². The van der Waals surface area contributed by atoms with Gasteiger partial charge in [-0.05, 0) is 30.0 Å². The first kappa shape index (κ1) is 12.7. The average Bonchev–Trinajstić information content (AvgIpc) is 2.84. The van der Waals surface area contributed by atoms with Gasteiger partial charge in [0, 0.05) is 24.6 Å². The van der Waals surface area contributed by atoms with Crippen LogP contribution < -0.4 is 5.32 Å². The monoisotopic (exact) mass is 243 g/mol. The van der Waals surface area contributed by atoms with Gasteiger partial charge >= 0.3 is 0 Å². The van der Waals surface area contributed by atoms with Crippen molar-refractivity contribution in [1.82, 2.24) is 9.78 Å². The molecule has 0 aliphatic rings. The minimum absolute atomic E-state index is 0.732. The molecule has 0 aliphatic carbocycles. The highest BCUT2D eigenvalue weighted by Gasteiger charge is 2.02. The maximum Gasteiger partial charge on any atom is 0.0679 e. The first-order chi connectivity index (χ1) is 8.75. The van der Waals surface area contributed by atoms with Gasteiger partial charge in [-0.2, -0.15) is 5.10 Å². The Bertz CT molecular complexity index is 460. The van der Waals surface area contributed by atoms with Gasteiger partial charge in [0.15, 0.2) is 0 Å². The Morgan fingerprint density at radius 3 is 2.78 bits per heavy atom. The van der Waals surface area contributed by atoms with Crippen LogP contribution in [0.4, 0.5) is 5.69 Å². The molecule has 3 nitrogen and oxygen atoms in total. The number of nitrogens with one attached hydrogen (secondary N) is 1. The summed E-state index contributed by atoms with van der Waals surface area (Å²) in [7, 11) is 0. The van der Waals surface area contributed by atoms with E-state index in [1.165, 1.54) is 17.7 Å². The number of para-hydroxylation sites is 1. The molecule has 0 atom stereocenters. The van der Waals surface area contributed by atoms with Crippen LogP contribution in [0.25, 0.3) is 0 Å². The first-order valence-electron chi connectivity index (χ1n) is 6.55. The molecule has 1 N–H and O–H groups in total. The number of hydrogen-bond donors (Lipinski definition) is 1. The van der Waals surface area contributed by atoms with Crippen LogP contribution in [0.5, 0.6) is 0 Å².